The molecular formula is C16H19ClF3N3OS. The molecule has 0 saturated heterocycles. The molecule has 1 amide bonds. The summed E-state index contributed by atoms with van der Waals surface area (Å²) in [6.07, 6.45) is -4.35. The Morgan fingerprint density at radius 1 is 1.28 bits per heavy atom. The van der Waals surface area contributed by atoms with Crippen LogP contribution in [0.25, 0.3) is 10.6 Å². The summed E-state index contributed by atoms with van der Waals surface area (Å²) in [5.74, 6) is -0.226. The van der Waals surface area contributed by atoms with E-state index in [0.29, 0.717) is 29.4 Å². The Bertz CT molecular complexity index is 689. The molecule has 0 aliphatic heterocycles. The highest BCUT2D eigenvalue weighted by Gasteiger charge is 2.30. The standard InChI is InChI=1S/C16H18F3N3OS.ClH/c1-10(7-20-2)14(23)21-8-13-9-24-15(22-13)11-3-5-12(6-4-11)16(17,18)19;/h3-6,9-10,20H,7-8H2,1-2H3,(H,21,23);1H. The number of benzene rings is 1. The molecule has 0 radical (unpaired) electrons. The predicted molar refractivity (Wildman–Crippen MR) is 94.7 cm³/mol. The lowest BCUT2D eigenvalue weighted by Gasteiger charge is -2.10. The Labute approximate surface area is 154 Å². The van der Waals surface area contributed by atoms with E-state index in [9.17, 15) is 18.0 Å². The molecule has 2 N–H and O–H groups in total. The van der Waals surface area contributed by atoms with Crippen LogP contribution >= 0.6 is 23.7 Å². The van der Waals surface area contributed by atoms with E-state index in [1.165, 1.54) is 23.5 Å². The molecule has 0 aliphatic carbocycles. The quantitative estimate of drug-likeness (QED) is 0.786. The Morgan fingerprint density at radius 3 is 2.48 bits per heavy atom. The zero-order chi connectivity index (χ0) is 17.7. The van der Waals surface area contributed by atoms with E-state index in [1.54, 1.807) is 12.4 Å². The fourth-order valence-corrected chi connectivity index (χ4v) is 2.90. The van der Waals surface area contributed by atoms with Crippen LogP contribution in [0.15, 0.2) is 29.6 Å². The first-order chi connectivity index (χ1) is 11.3. The van der Waals surface area contributed by atoms with Gasteiger partial charge in [-0.05, 0) is 19.2 Å². The molecule has 0 saturated carbocycles. The second kappa shape index (κ2) is 9.17. The van der Waals surface area contributed by atoms with E-state index in [0.717, 1.165) is 12.1 Å². The summed E-state index contributed by atoms with van der Waals surface area (Å²) < 4.78 is 37.7. The van der Waals surface area contributed by atoms with Crippen LogP contribution in [0.5, 0.6) is 0 Å². The number of halogens is 4. The number of alkyl halides is 3. The molecule has 1 heterocycles. The van der Waals surface area contributed by atoms with Crippen LogP contribution < -0.4 is 10.6 Å². The van der Waals surface area contributed by atoms with Gasteiger partial charge >= 0.3 is 6.18 Å². The lowest BCUT2D eigenvalue weighted by Crippen LogP contribution is -2.33. The number of hydrogen-bond acceptors (Lipinski definition) is 4. The number of thiazole rings is 1. The topological polar surface area (TPSA) is 54.0 Å². The Morgan fingerprint density at radius 2 is 1.92 bits per heavy atom. The number of rotatable bonds is 6. The molecule has 25 heavy (non-hydrogen) atoms. The van der Waals surface area contributed by atoms with Crippen LogP contribution in [-0.2, 0) is 17.5 Å². The van der Waals surface area contributed by atoms with Gasteiger partial charge in [-0.1, -0.05) is 19.1 Å². The number of carbonyl (C=O) groups excluding carboxylic acids is 1. The highest BCUT2D eigenvalue weighted by molar-refractivity contribution is 7.13. The van der Waals surface area contributed by atoms with Gasteiger partial charge < -0.3 is 10.6 Å². The van der Waals surface area contributed by atoms with Gasteiger partial charge in [0.15, 0.2) is 0 Å². The smallest absolute Gasteiger partial charge is 0.350 e. The van der Waals surface area contributed by atoms with Gasteiger partial charge in [-0.2, -0.15) is 13.2 Å². The number of nitrogens with zero attached hydrogens (tertiary/aromatic N) is 1. The Balaban J connectivity index is 0.00000312. The van der Waals surface area contributed by atoms with Crippen LogP contribution in [0.4, 0.5) is 13.2 Å². The molecule has 0 spiro atoms. The van der Waals surface area contributed by atoms with Gasteiger partial charge in [0.2, 0.25) is 5.91 Å². The van der Waals surface area contributed by atoms with Crippen molar-refractivity contribution < 1.29 is 18.0 Å². The van der Waals surface area contributed by atoms with E-state index >= 15 is 0 Å². The zero-order valence-corrected chi connectivity index (χ0v) is 15.3. The first-order valence-electron chi connectivity index (χ1n) is 7.35. The molecule has 1 aromatic carbocycles. The SMILES string of the molecule is CNCC(C)C(=O)NCc1csc(-c2ccc(C(F)(F)F)cc2)n1.Cl. The summed E-state index contributed by atoms with van der Waals surface area (Å²) in [5.41, 5.74) is 0.614. The summed E-state index contributed by atoms with van der Waals surface area (Å²) in [6.45, 7) is 2.70. The lowest BCUT2D eigenvalue weighted by molar-refractivity contribution is -0.137. The number of nitrogens with one attached hydrogen (secondary N) is 2. The van der Waals surface area contributed by atoms with Gasteiger partial charge in [0.1, 0.15) is 5.01 Å². The minimum atomic E-state index is -4.35. The van der Waals surface area contributed by atoms with Crippen molar-refractivity contribution in [3.05, 3.63) is 40.9 Å². The summed E-state index contributed by atoms with van der Waals surface area (Å²) in [6, 6.07) is 4.88. The number of aromatic nitrogens is 1. The molecule has 4 nitrogen and oxygen atoms in total. The number of amides is 1. The third-order valence-corrected chi connectivity index (χ3v) is 4.35. The molecule has 0 bridgehead atoms. The minimum absolute atomic E-state index is 0. The summed E-state index contributed by atoms with van der Waals surface area (Å²) in [7, 11) is 1.78. The second-order valence-corrected chi connectivity index (χ2v) is 6.25. The summed E-state index contributed by atoms with van der Waals surface area (Å²) >= 11 is 1.33. The van der Waals surface area contributed by atoms with Crippen molar-refractivity contribution in [3.8, 4) is 10.6 Å². The molecule has 2 aromatic rings. The van der Waals surface area contributed by atoms with Gasteiger partial charge in [-0.3, -0.25) is 4.79 Å². The average molecular weight is 394 g/mol. The number of carbonyl (C=O) groups is 1. The van der Waals surface area contributed by atoms with Crippen LogP contribution in [-0.4, -0.2) is 24.5 Å². The highest BCUT2D eigenvalue weighted by atomic mass is 35.5. The van der Waals surface area contributed by atoms with Crippen molar-refractivity contribution >= 4 is 29.7 Å². The van der Waals surface area contributed by atoms with E-state index in [1.807, 2.05) is 6.92 Å². The number of hydrogen-bond donors (Lipinski definition) is 2. The molecule has 2 rings (SSSR count). The van der Waals surface area contributed by atoms with Gasteiger partial charge in [-0.15, -0.1) is 23.7 Å². The van der Waals surface area contributed by atoms with Crippen LogP contribution in [0.1, 0.15) is 18.2 Å². The molecule has 1 unspecified atom stereocenters. The maximum absolute atomic E-state index is 12.6. The van der Waals surface area contributed by atoms with Crippen LogP contribution in [0, 0.1) is 5.92 Å². The van der Waals surface area contributed by atoms with Gasteiger partial charge in [0, 0.05) is 23.4 Å². The molecular weight excluding hydrogens is 375 g/mol. The maximum atomic E-state index is 12.6. The van der Waals surface area contributed by atoms with Crippen molar-refractivity contribution in [3.63, 3.8) is 0 Å². The van der Waals surface area contributed by atoms with Crippen molar-refractivity contribution in [2.45, 2.75) is 19.6 Å². The largest absolute Gasteiger partial charge is 0.416 e. The van der Waals surface area contributed by atoms with E-state index in [-0.39, 0.29) is 24.2 Å². The molecule has 1 atom stereocenters. The fraction of sp³-hybridized carbons (Fsp3) is 0.375. The maximum Gasteiger partial charge on any atom is 0.416 e. The molecule has 0 fully saturated rings. The zero-order valence-electron chi connectivity index (χ0n) is 13.7. The molecule has 0 aliphatic rings. The van der Waals surface area contributed by atoms with E-state index in [2.05, 4.69) is 15.6 Å². The normalized spacial score (nSPS) is 12.4. The Hall–Kier alpha value is -1.64. The first-order valence-corrected chi connectivity index (χ1v) is 8.23. The third-order valence-electron chi connectivity index (χ3n) is 3.41. The molecule has 138 valence electrons. The van der Waals surface area contributed by atoms with E-state index < -0.39 is 11.7 Å². The second-order valence-electron chi connectivity index (χ2n) is 5.40. The van der Waals surface area contributed by atoms with Gasteiger partial charge in [0.25, 0.3) is 0 Å². The highest BCUT2D eigenvalue weighted by Crippen LogP contribution is 2.31. The molecule has 1 aromatic heterocycles. The average Bonchev–Trinajstić information content (AvgIpc) is 3.01. The van der Waals surface area contributed by atoms with Crippen molar-refractivity contribution in [2.24, 2.45) is 5.92 Å². The summed E-state index contributed by atoms with van der Waals surface area (Å²) in [5, 5.41) is 8.14. The van der Waals surface area contributed by atoms with Crippen molar-refractivity contribution in [2.75, 3.05) is 13.6 Å². The van der Waals surface area contributed by atoms with Gasteiger partial charge in [-0.25, -0.2) is 4.98 Å². The fourth-order valence-electron chi connectivity index (χ4n) is 2.07. The van der Waals surface area contributed by atoms with Gasteiger partial charge in [0.05, 0.1) is 17.8 Å². The van der Waals surface area contributed by atoms with E-state index in [4.69, 9.17) is 0 Å². The van der Waals surface area contributed by atoms with Crippen LogP contribution in [0.3, 0.4) is 0 Å². The third kappa shape index (κ3) is 5.98. The first kappa shape index (κ1) is 21.4. The predicted octanol–water partition coefficient (Wildman–Crippen LogP) is 3.72. The minimum Gasteiger partial charge on any atom is -0.350 e. The summed E-state index contributed by atoms with van der Waals surface area (Å²) in [4.78, 5) is 16.2. The van der Waals surface area contributed by atoms with Crippen molar-refractivity contribution in [1.82, 2.24) is 15.6 Å². The van der Waals surface area contributed by atoms with Crippen LogP contribution in [0.2, 0.25) is 0 Å². The van der Waals surface area contributed by atoms with Crippen molar-refractivity contribution in [1.29, 1.82) is 0 Å². The Kier molecular flexibility index (Phi) is 7.85. The lowest BCUT2D eigenvalue weighted by atomic mass is 10.1. The molecule has 9 heteroatoms. The monoisotopic (exact) mass is 393 g/mol.